The van der Waals surface area contributed by atoms with E-state index in [1.165, 1.54) is 0 Å². The van der Waals surface area contributed by atoms with Gasteiger partial charge in [-0.25, -0.2) is 4.79 Å². The van der Waals surface area contributed by atoms with Crippen molar-refractivity contribution in [1.82, 2.24) is 20.4 Å². The van der Waals surface area contributed by atoms with Crippen molar-refractivity contribution in [3.05, 3.63) is 11.7 Å². The van der Waals surface area contributed by atoms with E-state index in [0.717, 1.165) is 6.54 Å². The van der Waals surface area contributed by atoms with E-state index in [2.05, 4.69) is 34.2 Å². The maximum Gasteiger partial charge on any atom is 0.407 e. The van der Waals surface area contributed by atoms with Crippen LogP contribution in [0, 0.1) is 0 Å². The molecule has 7 heteroatoms. The molecule has 1 N–H and O–H groups in total. The van der Waals surface area contributed by atoms with Gasteiger partial charge in [0.1, 0.15) is 5.60 Å². The number of likely N-dealkylation sites (N-methyl/N-ethyl adjacent to an activating group) is 1. The first-order chi connectivity index (χ1) is 9.99. The summed E-state index contributed by atoms with van der Waals surface area (Å²) in [5.41, 5.74) is -0.715. The molecule has 1 aromatic rings. The van der Waals surface area contributed by atoms with E-state index >= 15 is 0 Å². The predicted molar refractivity (Wildman–Crippen MR) is 83.8 cm³/mol. The second-order valence-electron chi connectivity index (χ2n) is 7.32. The lowest BCUT2D eigenvalue weighted by molar-refractivity contribution is 0.0528. The van der Waals surface area contributed by atoms with E-state index in [0.29, 0.717) is 24.7 Å². The van der Waals surface area contributed by atoms with Gasteiger partial charge in [-0.2, -0.15) is 4.98 Å². The SMILES string of the molecule is CN(C)CC(C)(C)c1nc(CCNC(=O)OC(C)(C)C)no1. The molecule has 0 saturated heterocycles. The third-order valence-corrected chi connectivity index (χ3v) is 2.78. The number of carbonyl (C=O) groups is 1. The molecule has 126 valence electrons. The highest BCUT2D eigenvalue weighted by Gasteiger charge is 2.28. The molecule has 7 nitrogen and oxygen atoms in total. The van der Waals surface area contributed by atoms with Crippen molar-refractivity contribution in [2.75, 3.05) is 27.2 Å². The van der Waals surface area contributed by atoms with Gasteiger partial charge in [0, 0.05) is 19.5 Å². The van der Waals surface area contributed by atoms with E-state index < -0.39 is 11.7 Å². The largest absolute Gasteiger partial charge is 0.444 e. The summed E-state index contributed by atoms with van der Waals surface area (Å²) in [5.74, 6) is 1.19. The normalized spacial score (nSPS) is 12.5. The standard InChI is InChI=1S/C15H28N4O3/c1-14(2,3)21-13(20)16-9-8-11-17-12(22-18-11)15(4,5)10-19(6)7/h8-10H2,1-7H3,(H,16,20). The van der Waals surface area contributed by atoms with Gasteiger partial charge >= 0.3 is 6.09 Å². The molecular formula is C15H28N4O3. The number of aromatic nitrogens is 2. The van der Waals surface area contributed by atoms with Crippen molar-refractivity contribution < 1.29 is 14.1 Å². The van der Waals surface area contributed by atoms with E-state index in [9.17, 15) is 4.79 Å². The molecule has 0 aliphatic carbocycles. The van der Waals surface area contributed by atoms with Gasteiger partial charge in [0.05, 0.1) is 5.41 Å². The molecule has 0 spiro atoms. The molecule has 1 rings (SSSR count). The zero-order chi connectivity index (χ0) is 17.0. The van der Waals surface area contributed by atoms with Crippen LogP contribution in [-0.2, 0) is 16.6 Å². The second-order valence-corrected chi connectivity index (χ2v) is 7.32. The lowest BCUT2D eigenvalue weighted by Gasteiger charge is -2.23. The Labute approximate surface area is 132 Å². The van der Waals surface area contributed by atoms with Crippen LogP contribution in [0.2, 0.25) is 0 Å². The summed E-state index contributed by atoms with van der Waals surface area (Å²) in [7, 11) is 4.01. The van der Waals surface area contributed by atoms with Crippen LogP contribution >= 0.6 is 0 Å². The van der Waals surface area contributed by atoms with E-state index in [1.54, 1.807) is 0 Å². The highest BCUT2D eigenvalue weighted by Crippen LogP contribution is 2.21. The van der Waals surface area contributed by atoms with Crippen LogP contribution in [0.15, 0.2) is 4.52 Å². The van der Waals surface area contributed by atoms with Crippen LogP contribution < -0.4 is 5.32 Å². The number of rotatable bonds is 6. The Morgan fingerprint density at radius 3 is 2.45 bits per heavy atom. The summed E-state index contributed by atoms with van der Waals surface area (Å²) >= 11 is 0. The monoisotopic (exact) mass is 312 g/mol. The van der Waals surface area contributed by atoms with Crippen LogP contribution in [0.25, 0.3) is 0 Å². The van der Waals surface area contributed by atoms with Crippen molar-refractivity contribution >= 4 is 6.09 Å². The molecule has 0 bridgehead atoms. The molecule has 0 saturated carbocycles. The molecule has 22 heavy (non-hydrogen) atoms. The van der Waals surface area contributed by atoms with Gasteiger partial charge in [0.2, 0.25) is 5.89 Å². The Hall–Kier alpha value is -1.63. The summed E-state index contributed by atoms with van der Waals surface area (Å²) in [6, 6.07) is 0. The molecule has 0 aromatic carbocycles. The summed E-state index contributed by atoms with van der Waals surface area (Å²) in [4.78, 5) is 18.0. The molecule has 1 amide bonds. The highest BCUT2D eigenvalue weighted by atomic mass is 16.6. The average molecular weight is 312 g/mol. The number of hydrogen-bond donors (Lipinski definition) is 1. The third kappa shape index (κ3) is 6.43. The van der Waals surface area contributed by atoms with Crippen molar-refractivity contribution in [2.24, 2.45) is 0 Å². The number of hydrogen-bond acceptors (Lipinski definition) is 6. The summed E-state index contributed by atoms with van der Waals surface area (Å²) in [6.07, 6.45) is 0.0602. The first-order valence-electron chi connectivity index (χ1n) is 7.44. The average Bonchev–Trinajstić information content (AvgIpc) is 2.74. The maximum atomic E-state index is 11.5. The number of nitrogens with zero attached hydrogens (tertiary/aromatic N) is 3. The fourth-order valence-corrected chi connectivity index (χ4v) is 2.08. The molecule has 0 atom stereocenters. The van der Waals surface area contributed by atoms with Crippen LogP contribution in [0.3, 0.4) is 0 Å². The molecule has 0 aliphatic rings. The quantitative estimate of drug-likeness (QED) is 0.865. The number of ether oxygens (including phenoxy) is 1. The smallest absolute Gasteiger partial charge is 0.407 e. The topological polar surface area (TPSA) is 80.5 Å². The van der Waals surface area contributed by atoms with Crippen molar-refractivity contribution in [2.45, 2.75) is 52.1 Å². The fraction of sp³-hybridized carbons (Fsp3) is 0.800. The number of nitrogens with one attached hydrogen (secondary N) is 1. The third-order valence-electron chi connectivity index (χ3n) is 2.78. The lowest BCUT2D eigenvalue weighted by atomic mass is 9.93. The molecular weight excluding hydrogens is 284 g/mol. The Bertz CT molecular complexity index is 489. The van der Waals surface area contributed by atoms with Gasteiger partial charge in [-0.1, -0.05) is 5.16 Å². The maximum absolute atomic E-state index is 11.5. The van der Waals surface area contributed by atoms with Gasteiger partial charge in [-0.3, -0.25) is 0 Å². The predicted octanol–water partition coefficient (Wildman–Crippen LogP) is 1.98. The molecule has 0 radical (unpaired) electrons. The second kappa shape index (κ2) is 7.09. The van der Waals surface area contributed by atoms with Gasteiger partial charge in [-0.05, 0) is 48.7 Å². The van der Waals surface area contributed by atoms with Crippen LogP contribution in [0.4, 0.5) is 4.79 Å². The zero-order valence-electron chi connectivity index (χ0n) is 14.7. The highest BCUT2D eigenvalue weighted by molar-refractivity contribution is 5.67. The molecule has 1 aromatic heterocycles. The van der Waals surface area contributed by atoms with Crippen molar-refractivity contribution in [3.8, 4) is 0 Å². The Balaban J connectivity index is 2.48. The molecule has 1 heterocycles. The van der Waals surface area contributed by atoms with Gasteiger partial charge in [0.15, 0.2) is 5.82 Å². The Morgan fingerprint density at radius 2 is 1.91 bits per heavy atom. The minimum Gasteiger partial charge on any atom is -0.444 e. The van der Waals surface area contributed by atoms with Crippen molar-refractivity contribution in [3.63, 3.8) is 0 Å². The first kappa shape index (κ1) is 18.4. The minimum atomic E-state index is -0.500. The Morgan fingerprint density at radius 1 is 1.27 bits per heavy atom. The van der Waals surface area contributed by atoms with Gasteiger partial charge < -0.3 is 19.5 Å². The minimum absolute atomic E-state index is 0.215. The fourth-order valence-electron chi connectivity index (χ4n) is 2.08. The molecule has 0 fully saturated rings. The zero-order valence-corrected chi connectivity index (χ0v) is 14.7. The van der Waals surface area contributed by atoms with Gasteiger partial charge in [-0.15, -0.1) is 0 Å². The summed E-state index contributed by atoms with van der Waals surface area (Å²) < 4.78 is 10.5. The van der Waals surface area contributed by atoms with Crippen LogP contribution in [0.5, 0.6) is 0 Å². The van der Waals surface area contributed by atoms with Gasteiger partial charge in [0.25, 0.3) is 0 Å². The van der Waals surface area contributed by atoms with E-state index in [4.69, 9.17) is 9.26 Å². The molecule has 0 unspecified atom stereocenters. The van der Waals surface area contributed by atoms with E-state index in [1.807, 2.05) is 34.9 Å². The van der Waals surface area contributed by atoms with Crippen molar-refractivity contribution in [1.29, 1.82) is 0 Å². The molecule has 0 aliphatic heterocycles. The first-order valence-corrected chi connectivity index (χ1v) is 7.44. The Kier molecular flexibility index (Phi) is 5.93. The number of alkyl carbamates (subject to hydrolysis) is 1. The summed E-state index contributed by atoms with van der Waals surface area (Å²) in [5, 5.41) is 6.64. The summed E-state index contributed by atoms with van der Waals surface area (Å²) in [6.45, 7) is 10.8. The number of amides is 1. The van der Waals surface area contributed by atoms with Crippen LogP contribution in [0.1, 0.15) is 46.3 Å². The number of carbonyl (C=O) groups excluding carboxylic acids is 1. The van der Waals surface area contributed by atoms with E-state index in [-0.39, 0.29) is 5.41 Å². The van der Waals surface area contributed by atoms with Crippen LogP contribution in [-0.4, -0.2) is 53.9 Å². The lowest BCUT2D eigenvalue weighted by Crippen LogP contribution is -2.33.